The Morgan fingerprint density at radius 2 is 1.51 bits per heavy atom. The molecule has 0 aliphatic heterocycles. The molecule has 0 spiro atoms. The Hall–Kier alpha value is -4.17. The molecule has 0 saturated carbocycles. The Bertz CT molecular complexity index is 1860. The Morgan fingerprint density at radius 1 is 1.00 bits per heavy atom. The average molecular weight is 672 g/mol. The van der Waals surface area contributed by atoms with E-state index in [9.17, 15) is 14.9 Å². The van der Waals surface area contributed by atoms with Crippen molar-refractivity contribution in [3.05, 3.63) is 60.6 Å². The summed E-state index contributed by atoms with van der Waals surface area (Å²) in [6.07, 6.45) is -1.06. The number of nitriles is 1. The van der Waals surface area contributed by atoms with Crippen LogP contribution in [0.1, 0.15) is 92.3 Å². The maximum absolute atomic E-state index is 15.2. The van der Waals surface area contributed by atoms with Crippen LogP contribution in [0, 0.1) is 35.1 Å². The molecule has 0 bridgehead atoms. The number of alkyl halides is 2. The minimum atomic E-state index is -3.39. The molecular formula is C36H47F2N3O5S. The number of benzene rings is 1. The number of carbonyl (C=O) groups excluding carboxylic acids is 2. The zero-order valence-electron chi connectivity index (χ0n) is 29.8. The molecule has 47 heavy (non-hydrogen) atoms. The van der Waals surface area contributed by atoms with E-state index in [0.29, 0.717) is 37.2 Å². The van der Waals surface area contributed by atoms with E-state index in [1.54, 1.807) is 79.0 Å². The number of halogens is 2. The number of amides is 2. The number of ether oxygens (including phenoxy) is 3. The molecule has 0 N–H and O–H groups in total. The van der Waals surface area contributed by atoms with Crippen LogP contribution in [0.3, 0.4) is 0 Å². The zero-order valence-corrected chi connectivity index (χ0v) is 30.6. The summed E-state index contributed by atoms with van der Waals surface area (Å²) in [5.41, 5.74) is -1.29. The number of rotatable bonds is 4. The Morgan fingerprint density at radius 3 is 1.89 bits per heavy atom. The van der Waals surface area contributed by atoms with Crippen LogP contribution >= 0.6 is 11.3 Å². The fraction of sp³-hybridized carbons (Fsp3) is 0.472. The highest BCUT2D eigenvalue weighted by atomic mass is 32.1. The molecule has 0 unspecified atom stereocenters. The lowest BCUT2D eigenvalue weighted by molar-refractivity contribution is 0.0428. The fourth-order valence-electron chi connectivity index (χ4n) is 4.68. The van der Waals surface area contributed by atoms with E-state index in [2.05, 4.69) is 20.4 Å². The number of anilines is 1. The van der Waals surface area contributed by atoms with Gasteiger partial charge in [0.1, 0.15) is 28.6 Å². The minimum absolute atomic E-state index is 0.138. The van der Waals surface area contributed by atoms with E-state index in [4.69, 9.17) is 14.2 Å². The Kier molecular flexibility index (Phi) is 12.2. The number of methoxy groups -OCH3 is 1. The van der Waals surface area contributed by atoms with Crippen LogP contribution in [-0.2, 0) is 9.47 Å². The Labute approximate surface area is 280 Å². The molecule has 3 rings (SSSR count). The van der Waals surface area contributed by atoms with E-state index < -0.39 is 34.9 Å². The van der Waals surface area contributed by atoms with Gasteiger partial charge in [0, 0.05) is 23.3 Å². The van der Waals surface area contributed by atoms with E-state index in [1.807, 2.05) is 6.07 Å². The molecule has 1 aromatic carbocycles. The number of imide groups is 1. The van der Waals surface area contributed by atoms with Gasteiger partial charge in [0.15, 0.2) is 5.82 Å². The summed E-state index contributed by atoms with van der Waals surface area (Å²) in [7, 11) is 1.49. The normalized spacial score (nSPS) is 13.1. The largest absolute Gasteiger partial charge is 0.496 e. The summed E-state index contributed by atoms with van der Waals surface area (Å²) in [6.45, 7) is 23.6. The molecule has 0 saturated heterocycles. The summed E-state index contributed by atoms with van der Waals surface area (Å²) in [5, 5.41) is 13.0. The Balaban J connectivity index is 0.00000246. The summed E-state index contributed by atoms with van der Waals surface area (Å²) >= 11 is 1.22. The third kappa shape index (κ3) is 8.80. The molecule has 2 aromatic heterocycles. The molecular weight excluding hydrogens is 624 g/mol. The van der Waals surface area contributed by atoms with Crippen molar-refractivity contribution in [2.45, 2.75) is 107 Å². The van der Waals surface area contributed by atoms with Crippen LogP contribution in [-0.4, -0.2) is 41.0 Å². The molecule has 256 valence electrons. The van der Waals surface area contributed by atoms with Crippen molar-refractivity contribution in [2.75, 3.05) is 12.0 Å². The predicted octanol–water partition coefficient (Wildman–Crippen LogP) is 8.65. The fourth-order valence-corrected chi connectivity index (χ4v) is 5.58. The van der Waals surface area contributed by atoms with Crippen LogP contribution in [0.15, 0.2) is 23.6 Å². The molecule has 8 nitrogen and oxygen atoms in total. The van der Waals surface area contributed by atoms with Crippen molar-refractivity contribution in [3.8, 4) is 17.5 Å². The van der Waals surface area contributed by atoms with Gasteiger partial charge in [-0.3, -0.25) is 4.57 Å². The van der Waals surface area contributed by atoms with Gasteiger partial charge in [-0.2, -0.15) is 10.2 Å². The highest BCUT2D eigenvalue weighted by molar-refractivity contribution is 7.08. The van der Waals surface area contributed by atoms with E-state index in [0.717, 1.165) is 6.92 Å². The topological polar surface area (TPSA) is 93.8 Å². The number of aryl methyl sites for hydroxylation is 1. The average Bonchev–Trinajstić information content (AvgIpc) is 3.47. The molecule has 0 radical (unpaired) electrons. The van der Waals surface area contributed by atoms with Gasteiger partial charge >= 0.3 is 12.2 Å². The standard InChI is InChI=1S/C33H39F2N3O5S.C3H8/c1-18-13-14-23(41-12)20(3)25(18)37-26(27-19(2)15-16-44-27)24(21(4)33(11,34)35)22(17-36)28(37)38(29(39)42-31(5,6)7)30(40)43-32(8,9)10;1-3-2/h13-16H,2H2,1,3-12H3;3H2,1-2H3/b24-21+,27-26-;. The van der Waals surface area contributed by atoms with Crippen LogP contribution in [0.2, 0.25) is 0 Å². The maximum Gasteiger partial charge on any atom is 0.425 e. The number of nitrogens with zero attached hydrogens (tertiary/aromatic N) is 3. The summed E-state index contributed by atoms with van der Waals surface area (Å²) in [6, 6.07) is 7.26. The van der Waals surface area contributed by atoms with Gasteiger partial charge in [-0.25, -0.2) is 18.4 Å². The lowest BCUT2D eigenvalue weighted by atomic mass is 10.1. The summed E-state index contributed by atoms with van der Waals surface area (Å²) < 4.78 is 49.3. The number of thiophene rings is 1. The zero-order chi connectivity index (χ0) is 36.2. The van der Waals surface area contributed by atoms with Crippen molar-refractivity contribution in [3.63, 3.8) is 0 Å². The lowest BCUT2D eigenvalue weighted by Crippen LogP contribution is -2.45. The van der Waals surface area contributed by atoms with Crippen LogP contribution in [0.4, 0.5) is 24.2 Å². The molecule has 3 aromatic rings. The molecule has 2 heterocycles. The predicted molar refractivity (Wildman–Crippen MR) is 184 cm³/mol. The third-order valence-corrected chi connectivity index (χ3v) is 7.61. The van der Waals surface area contributed by atoms with Gasteiger partial charge in [0.2, 0.25) is 0 Å². The van der Waals surface area contributed by atoms with Gasteiger partial charge in [0.25, 0.3) is 5.92 Å². The molecule has 0 atom stereocenters. The van der Waals surface area contributed by atoms with Crippen LogP contribution < -0.4 is 20.1 Å². The summed E-state index contributed by atoms with van der Waals surface area (Å²) in [4.78, 5) is 28.5. The van der Waals surface area contributed by atoms with Crippen molar-refractivity contribution < 1.29 is 32.6 Å². The minimum Gasteiger partial charge on any atom is -0.496 e. The number of aromatic nitrogens is 1. The molecule has 11 heteroatoms. The van der Waals surface area contributed by atoms with E-state index in [-0.39, 0.29) is 21.9 Å². The van der Waals surface area contributed by atoms with Crippen molar-refractivity contribution in [2.24, 2.45) is 0 Å². The first kappa shape index (κ1) is 39.0. The maximum atomic E-state index is 15.2. The third-order valence-electron chi connectivity index (χ3n) is 6.64. The first-order valence-corrected chi connectivity index (χ1v) is 16.2. The van der Waals surface area contributed by atoms with Crippen molar-refractivity contribution in [1.82, 2.24) is 4.57 Å². The van der Waals surface area contributed by atoms with E-state index in [1.165, 1.54) is 36.4 Å². The second-order valence-electron chi connectivity index (χ2n) is 13.2. The van der Waals surface area contributed by atoms with Crippen molar-refractivity contribution >= 4 is 41.5 Å². The first-order chi connectivity index (χ1) is 21.6. The van der Waals surface area contributed by atoms with Gasteiger partial charge < -0.3 is 14.2 Å². The SMILES string of the molecule is C=c1ccs/c1=c1/c(=C(\C)C(C)(F)F)c(C#N)c(N(C(=O)OC(C)(C)C)C(=O)OC(C)(C)C)n1-c1c(C)ccc(OC)c1C.CCC. The highest BCUT2D eigenvalue weighted by Gasteiger charge is 2.39. The molecule has 0 aliphatic carbocycles. The van der Waals surface area contributed by atoms with E-state index >= 15 is 8.78 Å². The second-order valence-corrected chi connectivity index (χ2v) is 14.1. The van der Waals surface area contributed by atoms with Gasteiger partial charge in [0.05, 0.1) is 22.7 Å². The first-order valence-electron chi connectivity index (χ1n) is 15.3. The van der Waals surface area contributed by atoms with Gasteiger partial charge in [-0.1, -0.05) is 32.9 Å². The van der Waals surface area contributed by atoms with Crippen LogP contribution in [0.25, 0.3) is 17.8 Å². The number of hydrogen-bond donors (Lipinski definition) is 0. The molecule has 0 aliphatic rings. The number of carbonyl (C=O) groups is 2. The quantitative estimate of drug-likeness (QED) is 0.276. The monoisotopic (exact) mass is 671 g/mol. The highest BCUT2D eigenvalue weighted by Crippen LogP contribution is 2.36. The smallest absolute Gasteiger partial charge is 0.425 e. The van der Waals surface area contributed by atoms with Gasteiger partial charge in [-0.15, -0.1) is 11.3 Å². The number of hydrogen-bond acceptors (Lipinski definition) is 7. The van der Waals surface area contributed by atoms with Crippen LogP contribution in [0.5, 0.6) is 5.75 Å². The van der Waals surface area contributed by atoms with Crippen molar-refractivity contribution in [1.29, 1.82) is 5.26 Å². The second kappa shape index (κ2) is 14.7. The molecule has 2 amide bonds. The summed E-state index contributed by atoms with van der Waals surface area (Å²) in [5.74, 6) is -3.24. The molecule has 0 fully saturated rings. The van der Waals surface area contributed by atoms with Gasteiger partial charge in [-0.05, 0) is 90.6 Å². The lowest BCUT2D eigenvalue weighted by Gasteiger charge is -2.30.